The van der Waals surface area contributed by atoms with Gasteiger partial charge in [-0.3, -0.25) is 29.4 Å². The molecule has 2 aromatic heterocycles. The number of ether oxygens (including phenoxy) is 2. The number of para-hydroxylation sites is 2. The fourth-order valence-corrected chi connectivity index (χ4v) is 14.0. The van der Waals surface area contributed by atoms with Crippen molar-refractivity contribution in [2.45, 2.75) is 88.5 Å². The Hall–Kier alpha value is -5.44. The van der Waals surface area contributed by atoms with Gasteiger partial charge in [0.25, 0.3) is 0 Å². The van der Waals surface area contributed by atoms with E-state index in [1.807, 2.05) is 48.8 Å². The highest BCUT2D eigenvalue weighted by Gasteiger charge is 2.58. The average molecular weight is 851 g/mol. The molecule has 6 aromatic rings. The molecule has 0 spiro atoms. The molecule has 9 aliphatic rings. The van der Waals surface area contributed by atoms with Crippen molar-refractivity contribution in [2.75, 3.05) is 26.2 Å². The van der Waals surface area contributed by atoms with Crippen LogP contribution in [0.4, 0.5) is 0 Å². The summed E-state index contributed by atoms with van der Waals surface area (Å²) in [6.45, 7) is 8.63. The van der Waals surface area contributed by atoms with Crippen molar-refractivity contribution in [1.82, 2.24) is 19.8 Å². The number of esters is 2. The molecule has 6 bridgehead atoms. The van der Waals surface area contributed by atoms with E-state index in [0.29, 0.717) is 23.7 Å². The minimum absolute atomic E-state index is 0.0223. The summed E-state index contributed by atoms with van der Waals surface area (Å²) in [6.07, 6.45) is 9.25. The molecule has 0 amide bonds. The lowest BCUT2D eigenvalue weighted by Gasteiger charge is -2.53. The van der Waals surface area contributed by atoms with E-state index < -0.39 is 24.0 Å². The van der Waals surface area contributed by atoms with Crippen molar-refractivity contribution in [3.63, 3.8) is 0 Å². The van der Waals surface area contributed by atoms with Gasteiger partial charge in [0, 0.05) is 59.2 Å². The Morgan fingerprint density at radius 1 is 0.562 bits per heavy atom. The van der Waals surface area contributed by atoms with E-state index >= 15 is 9.59 Å². The maximum absolute atomic E-state index is 15.9. The minimum atomic E-state index is -0.792. The van der Waals surface area contributed by atoms with Gasteiger partial charge >= 0.3 is 11.9 Å². The molecular formula is C56H58N4O4. The Kier molecular flexibility index (Phi) is 10.2. The molecule has 8 nitrogen and oxygen atoms in total. The van der Waals surface area contributed by atoms with Gasteiger partial charge in [0.1, 0.15) is 12.2 Å². The topological polar surface area (TPSA) is 84.9 Å². The van der Waals surface area contributed by atoms with Gasteiger partial charge in [0.05, 0.1) is 35.0 Å². The number of piperidine rings is 6. The van der Waals surface area contributed by atoms with Crippen LogP contribution < -0.4 is 0 Å². The predicted molar refractivity (Wildman–Crippen MR) is 248 cm³/mol. The van der Waals surface area contributed by atoms with Crippen LogP contribution in [-0.4, -0.2) is 70.0 Å². The van der Waals surface area contributed by atoms with Crippen molar-refractivity contribution in [3.8, 4) is 0 Å². The quantitative estimate of drug-likeness (QED) is 0.126. The van der Waals surface area contributed by atoms with Crippen LogP contribution in [0.25, 0.3) is 21.8 Å². The number of aromatic nitrogens is 2. The van der Waals surface area contributed by atoms with Crippen LogP contribution in [0.5, 0.6) is 0 Å². The van der Waals surface area contributed by atoms with Crippen LogP contribution in [0.3, 0.4) is 0 Å². The van der Waals surface area contributed by atoms with E-state index in [2.05, 4.69) is 96.4 Å². The van der Waals surface area contributed by atoms with Gasteiger partial charge in [-0.1, -0.05) is 112 Å². The standard InChI is InChI=1S/C56H58N4O4/c1-3-33-31-59-27-23-35(33)29-47(59)53(43-21-25-57-45-19-11-9-13-37(43)45)63-55(61)51-49-39-15-5-7-17-41(39)50(42-18-8-6-16-40(42)49)52(51)56(62)64-54(44-22-26-58-46-20-12-10-14-38(44)46)48-30-36-24-28-60(48)32-34(36)4-2/h5-22,25-26,33-36,47-54H,3-4,23-24,27-32H2,1-2H3/t33-,34-,35-,36-,47+,48+,49?,50?,51-,52-,53-,54-/m0/s1. The number of benzene rings is 4. The van der Waals surface area contributed by atoms with Crippen LogP contribution in [0.15, 0.2) is 122 Å². The summed E-state index contributed by atoms with van der Waals surface area (Å²) in [7, 11) is 0. The molecule has 64 heavy (non-hydrogen) atoms. The van der Waals surface area contributed by atoms with Crippen LogP contribution in [-0.2, 0) is 19.1 Å². The van der Waals surface area contributed by atoms with Gasteiger partial charge in [0.2, 0.25) is 0 Å². The van der Waals surface area contributed by atoms with Crippen LogP contribution >= 0.6 is 0 Å². The first-order valence-electron chi connectivity index (χ1n) is 24.2. The molecule has 0 saturated carbocycles. The van der Waals surface area contributed by atoms with Gasteiger partial charge in [-0.15, -0.1) is 0 Å². The third-order valence-corrected chi connectivity index (χ3v) is 17.1. The third kappa shape index (κ3) is 6.45. The zero-order chi connectivity index (χ0) is 43.1. The largest absolute Gasteiger partial charge is 0.456 e. The molecule has 3 aliphatic carbocycles. The first-order chi connectivity index (χ1) is 31.5. The average Bonchev–Trinajstić information content (AvgIpc) is 3.36. The second-order valence-corrected chi connectivity index (χ2v) is 19.8. The first-order valence-corrected chi connectivity index (χ1v) is 24.2. The number of hydrogen-bond donors (Lipinski definition) is 0. The van der Waals surface area contributed by atoms with E-state index in [4.69, 9.17) is 19.4 Å². The molecule has 2 unspecified atom stereocenters. The zero-order valence-electron chi connectivity index (χ0n) is 37.0. The molecule has 6 aliphatic heterocycles. The molecule has 0 N–H and O–H groups in total. The van der Waals surface area contributed by atoms with Crippen LogP contribution in [0.2, 0.25) is 0 Å². The van der Waals surface area contributed by atoms with Crippen LogP contribution in [0, 0.1) is 35.5 Å². The van der Waals surface area contributed by atoms with Gasteiger partial charge < -0.3 is 9.47 Å². The second kappa shape index (κ2) is 16.2. The van der Waals surface area contributed by atoms with E-state index in [1.54, 1.807) is 0 Å². The maximum Gasteiger partial charge on any atom is 0.311 e. The highest BCUT2D eigenvalue weighted by Crippen LogP contribution is 2.60. The molecule has 4 aromatic carbocycles. The number of nitrogens with zero attached hydrogens (tertiary/aromatic N) is 4. The summed E-state index contributed by atoms with van der Waals surface area (Å²) in [5.74, 6) is -0.509. The molecular weight excluding hydrogens is 793 g/mol. The molecule has 6 fully saturated rings. The highest BCUT2D eigenvalue weighted by molar-refractivity contribution is 5.89. The van der Waals surface area contributed by atoms with Crippen molar-refractivity contribution >= 4 is 33.7 Å². The normalized spacial score (nSPS) is 31.8. The fraction of sp³-hybridized carbons (Fsp3) is 0.429. The zero-order valence-corrected chi connectivity index (χ0v) is 37.0. The molecule has 326 valence electrons. The van der Waals surface area contributed by atoms with E-state index in [0.717, 1.165) is 107 Å². The lowest BCUT2D eigenvalue weighted by molar-refractivity contribution is -0.177. The number of rotatable bonds is 10. The molecule has 15 rings (SSSR count). The van der Waals surface area contributed by atoms with E-state index in [9.17, 15) is 0 Å². The van der Waals surface area contributed by atoms with Gasteiger partial charge in [0.15, 0.2) is 0 Å². The van der Waals surface area contributed by atoms with Gasteiger partial charge in [-0.05, 0) is 109 Å². The van der Waals surface area contributed by atoms with E-state index in [-0.39, 0.29) is 35.9 Å². The van der Waals surface area contributed by atoms with Crippen molar-refractivity contribution in [2.24, 2.45) is 35.5 Å². The summed E-state index contributed by atoms with van der Waals surface area (Å²) < 4.78 is 14.4. The van der Waals surface area contributed by atoms with Gasteiger partial charge in [-0.2, -0.15) is 0 Å². The number of fused-ring (bicyclic) bond motifs is 9. The number of pyridine rings is 2. The monoisotopic (exact) mass is 850 g/mol. The summed E-state index contributed by atoms with van der Waals surface area (Å²) >= 11 is 0. The Labute approximate surface area is 376 Å². The second-order valence-electron chi connectivity index (χ2n) is 19.8. The molecule has 8 heteroatoms. The highest BCUT2D eigenvalue weighted by atomic mass is 16.6. The Bertz CT molecular complexity index is 2510. The van der Waals surface area contributed by atoms with Crippen molar-refractivity contribution in [3.05, 3.63) is 155 Å². The Morgan fingerprint density at radius 2 is 0.953 bits per heavy atom. The smallest absolute Gasteiger partial charge is 0.311 e. The fourth-order valence-electron chi connectivity index (χ4n) is 14.0. The summed E-state index contributed by atoms with van der Waals surface area (Å²) in [5, 5.41) is 2.01. The minimum Gasteiger partial charge on any atom is -0.456 e. The van der Waals surface area contributed by atoms with Crippen molar-refractivity contribution in [1.29, 1.82) is 0 Å². The summed E-state index contributed by atoms with van der Waals surface area (Å²) in [4.78, 5) is 46.5. The third-order valence-electron chi connectivity index (χ3n) is 17.1. The first kappa shape index (κ1) is 40.1. The number of carbonyl (C=O) groups is 2. The maximum atomic E-state index is 15.9. The molecule has 8 heterocycles. The lowest BCUT2D eigenvalue weighted by Crippen LogP contribution is -2.56. The summed E-state index contributed by atoms with van der Waals surface area (Å²) in [6, 6.07) is 37.5. The summed E-state index contributed by atoms with van der Waals surface area (Å²) in [5.41, 5.74) is 8.16. The van der Waals surface area contributed by atoms with Crippen LogP contribution in [0.1, 0.15) is 110 Å². The Morgan fingerprint density at radius 3 is 1.33 bits per heavy atom. The number of hydrogen-bond acceptors (Lipinski definition) is 8. The number of carbonyl (C=O) groups excluding carboxylic acids is 2. The predicted octanol–water partition coefficient (Wildman–Crippen LogP) is 10.4. The van der Waals surface area contributed by atoms with Gasteiger partial charge in [-0.25, -0.2) is 0 Å². The lowest BCUT2D eigenvalue weighted by atomic mass is 9.54. The molecule has 0 radical (unpaired) electrons. The van der Waals surface area contributed by atoms with E-state index in [1.165, 1.54) is 12.8 Å². The SMILES string of the molecule is CC[C@H]1CN2CC[C@H]1C[C@@H]2[C@@H](OC(=O)[C@H]1C2c3ccccc3C(c3ccccc32)[C@@H]1C(=O)O[C@@H](c1ccnc2ccccc12)[C@H]1C[C@@H]2CCN1C[C@@H]2CC)c1ccnc2ccccc12. The molecule has 6 saturated heterocycles. The van der Waals surface area contributed by atoms with Crippen molar-refractivity contribution < 1.29 is 19.1 Å². The molecule has 12 atom stereocenters. The Balaban J connectivity index is 0.977.